The predicted octanol–water partition coefficient (Wildman–Crippen LogP) is 5.16. The lowest BCUT2D eigenvalue weighted by atomic mass is 10.1. The number of hydrogen-bond donors (Lipinski definition) is 2. The van der Waals surface area contributed by atoms with Crippen molar-refractivity contribution in [3.8, 4) is 5.75 Å². The van der Waals surface area contributed by atoms with Gasteiger partial charge >= 0.3 is 0 Å². The molecular weight excluding hydrogens is 504 g/mol. The second-order valence-electron chi connectivity index (χ2n) is 6.69. The summed E-state index contributed by atoms with van der Waals surface area (Å²) in [5.41, 5.74) is 1.46. The number of benzene rings is 3. The van der Waals surface area contributed by atoms with Crippen molar-refractivity contribution in [3.63, 3.8) is 0 Å². The maximum Gasteiger partial charge on any atom is 0.262 e. The average molecular weight is 524 g/mol. The summed E-state index contributed by atoms with van der Waals surface area (Å²) in [5.74, 6) is -0.162. The van der Waals surface area contributed by atoms with E-state index in [1.807, 2.05) is 36.4 Å². The van der Waals surface area contributed by atoms with Crippen LogP contribution in [0, 0.1) is 0 Å². The molecule has 0 spiro atoms. The third-order valence-corrected chi connectivity index (χ3v) is 6.64. The lowest BCUT2D eigenvalue weighted by Crippen LogP contribution is -2.27. The van der Waals surface area contributed by atoms with Crippen LogP contribution in [0.2, 0.25) is 5.02 Å². The van der Waals surface area contributed by atoms with Crippen LogP contribution in [0.3, 0.4) is 0 Å². The van der Waals surface area contributed by atoms with Crippen molar-refractivity contribution in [1.29, 1.82) is 0 Å². The van der Waals surface area contributed by atoms with Crippen molar-refractivity contribution in [1.82, 2.24) is 4.72 Å². The zero-order valence-corrected chi connectivity index (χ0v) is 19.7. The molecule has 0 radical (unpaired) electrons. The van der Waals surface area contributed by atoms with E-state index in [2.05, 4.69) is 26.0 Å². The quantitative estimate of drug-likeness (QED) is 0.427. The highest BCUT2D eigenvalue weighted by Crippen LogP contribution is 2.28. The number of hydrogen-bond acceptors (Lipinski definition) is 4. The van der Waals surface area contributed by atoms with Crippen LogP contribution in [0.25, 0.3) is 0 Å². The minimum atomic E-state index is -3.80. The minimum Gasteiger partial charge on any atom is -0.482 e. The lowest BCUT2D eigenvalue weighted by molar-refractivity contribution is -0.118. The van der Waals surface area contributed by atoms with E-state index in [-0.39, 0.29) is 28.2 Å². The molecule has 3 rings (SSSR count). The fourth-order valence-electron chi connectivity index (χ4n) is 2.78. The Labute approximate surface area is 194 Å². The Morgan fingerprint density at radius 2 is 1.81 bits per heavy atom. The summed E-state index contributed by atoms with van der Waals surface area (Å²) in [4.78, 5) is 12.1. The molecule has 0 heterocycles. The summed E-state index contributed by atoms with van der Waals surface area (Å²) in [6, 6.07) is 20.1. The van der Waals surface area contributed by atoms with Crippen LogP contribution in [0.4, 0.5) is 5.69 Å². The Morgan fingerprint density at radius 1 is 1.06 bits per heavy atom. The van der Waals surface area contributed by atoms with Crippen LogP contribution < -0.4 is 14.8 Å². The lowest BCUT2D eigenvalue weighted by Gasteiger charge is -2.15. The molecule has 0 aliphatic rings. The van der Waals surface area contributed by atoms with Gasteiger partial charge in [-0.15, -0.1) is 0 Å². The van der Waals surface area contributed by atoms with Gasteiger partial charge < -0.3 is 10.1 Å². The molecule has 6 nitrogen and oxygen atoms in total. The smallest absolute Gasteiger partial charge is 0.262 e. The Morgan fingerprint density at radius 3 is 2.48 bits per heavy atom. The van der Waals surface area contributed by atoms with Crippen LogP contribution in [-0.2, 0) is 14.8 Å². The second kappa shape index (κ2) is 10.3. The number of ether oxygens (including phenoxy) is 1. The Kier molecular flexibility index (Phi) is 7.72. The van der Waals surface area contributed by atoms with E-state index in [0.717, 1.165) is 10.0 Å². The first kappa shape index (κ1) is 23.3. The van der Waals surface area contributed by atoms with Crippen molar-refractivity contribution >= 4 is 49.1 Å². The van der Waals surface area contributed by atoms with Gasteiger partial charge in [-0.05, 0) is 48.9 Å². The highest BCUT2D eigenvalue weighted by Gasteiger charge is 2.20. The normalized spacial score (nSPS) is 12.2. The molecule has 0 aliphatic carbocycles. The van der Waals surface area contributed by atoms with Crippen molar-refractivity contribution in [2.24, 2.45) is 0 Å². The summed E-state index contributed by atoms with van der Waals surface area (Å²) < 4.78 is 34.3. The maximum absolute atomic E-state index is 12.7. The molecule has 3 aromatic carbocycles. The van der Waals surface area contributed by atoms with Crippen LogP contribution in [0.1, 0.15) is 18.5 Å². The maximum atomic E-state index is 12.7. The molecule has 0 bridgehead atoms. The zero-order chi connectivity index (χ0) is 22.4. The molecular formula is C22H20BrClN2O4S. The number of carbonyl (C=O) groups excluding carboxylic acids is 1. The van der Waals surface area contributed by atoms with Gasteiger partial charge in [0.2, 0.25) is 10.0 Å². The van der Waals surface area contributed by atoms with E-state index in [9.17, 15) is 13.2 Å². The van der Waals surface area contributed by atoms with Crippen LogP contribution >= 0.6 is 27.5 Å². The highest BCUT2D eigenvalue weighted by atomic mass is 79.9. The molecule has 2 N–H and O–H groups in total. The van der Waals surface area contributed by atoms with Crippen molar-refractivity contribution < 1.29 is 17.9 Å². The monoisotopic (exact) mass is 522 g/mol. The summed E-state index contributed by atoms with van der Waals surface area (Å²) in [6.07, 6.45) is 0. The Bertz CT molecular complexity index is 1170. The SMILES string of the molecule is C[C@H](NS(=O)(=O)c1ccc(OCC(=O)Nc2cccc(Br)c2)c(Cl)c1)c1ccccc1. The number of amides is 1. The third kappa shape index (κ3) is 6.54. The van der Waals surface area contributed by atoms with Crippen molar-refractivity contribution in [2.75, 3.05) is 11.9 Å². The molecule has 1 amide bonds. The third-order valence-electron chi connectivity index (χ3n) is 4.31. The molecule has 0 aromatic heterocycles. The number of anilines is 1. The van der Waals surface area contributed by atoms with Gasteiger partial charge in [0.15, 0.2) is 6.61 Å². The minimum absolute atomic E-state index is 0.00576. The number of rotatable bonds is 8. The second-order valence-corrected chi connectivity index (χ2v) is 9.73. The molecule has 1 atom stereocenters. The largest absolute Gasteiger partial charge is 0.482 e. The fourth-order valence-corrected chi connectivity index (χ4v) is 4.74. The van der Waals surface area contributed by atoms with E-state index < -0.39 is 16.1 Å². The van der Waals surface area contributed by atoms with Gasteiger partial charge in [-0.25, -0.2) is 13.1 Å². The topological polar surface area (TPSA) is 84.5 Å². The molecule has 0 fully saturated rings. The zero-order valence-electron chi connectivity index (χ0n) is 16.5. The van der Waals surface area contributed by atoms with Gasteiger partial charge in [0.05, 0.1) is 9.92 Å². The predicted molar refractivity (Wildman–Crippen MR) is 125 cm³/mol. The molecule has 0 aliphatic heterocycles. The summed E-state index contributed by atoms with van der Waals surface area (Å²) >= 11 is 9.53. The number of carbonyl (C=O) groups is 1. The van der Waals surface area contributed by atoms with Gasteiger partial charge in [-0.3, -0.25) is 4.79 Å². The van der Waals surface area contributed by atoms with Crippen molar-refractivity contribution in [2.45, 2.75) is 17.9 Å². The molecule has 3 aromatic rings. The van der Waals surface area contributed by atoms with E-state index in [0.29, 0.717) is 5.69 Å². The summed E-state index contributed by atoms with van der Waals surface area (Å²) in [7, 11) is -3.80. The average Bonchev–Trinajstić information content (AvgIpc) is 2.73. The number of halogens is 2. The first-order valence-corrected chi connectivity index (χ1v) is 11.9. The van der Waals surface area contributed by atoms with Crippen LogP contribution in [0.15, 0.2) is 82.2 Å². The van der Waals surface area contributed by atoms with Crippen LogP contribution in [0.5, 0.6) is 5.75 Å². The van der Waals surface area contributed by atoms with Crippen LogP contribution in [-0.4, -0.2) is 20.9 Å². The molecule has 0 saturated carbocycles. The van der Waals surface area contributed by atoms with E-state index >= 15 is 0 Å². The first-order chi connectivity index (χ1) is 14.7. The van der Waals surface area contributed by atoms with E-state index in [4.69, 9.17) is 16.3 Å². The van der Waals surface area contributed by atoms with Gasteiger partial charge in [0, 0.05) is 16.2 Å². The molecule has 162 valence electrons. The fraction of sp³-hybridized carbons (Fsp3) is 0.136. The first-order valence-electron chi connectivity index (χ1n) is 9.29. The number of nitrogens with one attached hydrogen (secondary N) is 2. The molecule has 31 heavy (non-hydrogen) atoms. The Balaban J connectivity index is 1.63. The Hall–Kier alpha value is -2.39. The van der Waals surface area contributed by atoms with Gasteiger partial charge in [-0.2, -0.15) is 0 Å². The van der Waals surface area contributed by atoms with Gasteiger partial charge in [0.1, 0.15) is 5.75 Å². The molecule has 9 heteroatoms. The van der Waals surface area contributed by atoms with E-state index in [1.54, 1.807) is 25.1 Å². The highest BCUT2D eigenvalue weighted by molar-refractivity contribution is 9.10. The summed E-state index contributed by atoms with van der Waals surface area (Å²) in [6.45, 7) is 1.48. The van der Waals surface area contributed by atoms with E-state index in [1.165, 1.54) is 18.2 Å². The van der Waals surface area contributed by atoms with Gasteiger partial charge in [-0.1, -0.05) is 63.9 Å². The van der Waals surface area contributed by atoms with Gasteiger partial charge in [0.25, 0.3) is 5.91 Å². The summed E-state index contributed by atoms with van der Waals surface area (Å²) in [5, 5.41) is 2.79. The number of sulfonamides is 1. The molecule has 0 saturated heterocycles. The standard InChI is InChI=1S/C22H20BrClN2O4S/c1-15(16-6-3-2-4-7-16)26-31(28,29)19-10-11-21(20(24)13-19)30-14-22(27)25-18-9-5-8-17(23)12-18/h2-13,15,26H,14H2,1H3,(H,25,27)/t15-/m0/s1. The van der Waals surface area contributed by atoms with Crippen molar-refractivity contribution in [3.05, 3.63) is 87.9 Å². The molecule has 0 unspecified atom stereocenters.